The van der Waals surface area contributed by atoms with Gasteiger partial charge < -0.3 is 29.4 Å². The SMILES string of the molecule is COc1ccc2ncc(F)c(C(CO)[C@@H]3CC[C@@H](NCc4cc5c(cn4)OCCO5)CO3)c2n1. The number of aromatic nitrogens is 3. The van der Waals surface area contributed by atoms with E-state index in [1.807, 2.05) is 6.07 Å². The summed E-state index contributed by atoms with van der Waals surface area (Å²) in [5, 5.41) is 13.6. The van der Waals surface area contributed by atoms with Crippen LogP contribution in [0.1, 0.15) is 30.0 Å². The van der Waals surface area contributed by atoms with E-state index in [-0.39, 0.29) is 18.8 Å². The highest BCUT2D eigenvalue weighted by atomic mass is 19.1. The molecule has 34 heavy (non-hydrogen) atoms. The maximum absolute atomic E-state index is 14.9. The van der Waals surface area contributed by atoms with Gasteiger partial charge in [0.1, 0.15) is 19.0 Å². The second kappa shape index (κ2) is 10.0. The molecule has 0 radical (unpaired) electrons. The summed E-state index contributed by atoms with van der Waals surface area (Å²) in [6.07, 6.45) is 3.98. The molecule has 0 aliphatic carbocycles. The predicted octanol–water partition coefficient (Wildman–Crippen LogP) is 2.36. The number of rotatable bonds is 7. The summed E-state index contributed by atoms with van der Waals surface area (Å²) >= 11 is 0. The van der Waals surface area contributed by atoms with E-state index in [4.69, 9.17) is 18.9 Å². The number of ether oxygens (including phenoxy) is 4. The van der Waals surface area contributed by atoms with Crippen molar-refractivity contribution in [1.29, 1.82) is 0 Å². The average molecular weight is 471 g/mol. The number of methoxy groups -OCH3 is 1. The number of hydrogen-bond donors (Lipinski definition) is 2. The summed E-state index contributed by atoms with van der Waals surface area (Å²) in [4.78, 5) is 12.9. The molecule has 0 spiro atoms. The molecule has 0 saturated carbocycles. The maximum Gasteiger partial charge on any atom is 0.213 e. The van der Waals surface area contributed by atoms with Crippen LogP contribution in [0.2, 0.25) is 0 Å². The van der Waals surface area contributed by atoms with Gasteiger partial charge in [0.2, 0.25) is 5.88 Å². The third-order valence-corrected chi connectivity index (χ3v) is 6.27. The number of pyridine rings is 3. The monoisotopic (exact) mass is 470 g/mol. The van der Waals surface area contributed by atoms with Crippen molar-refractivity contribution in [3.63, 3.8) is 0 Å². The van der Waals surface area contributed by atoms with Gasteiger partial charge in [0.05, 0.1) is 55.5 Å². The van der Waals surface area contributed by atoms with Crippen molar-refractivity contribution in [3.05, 3.63) is 47.7 Å². The molecule has 5 heterocycles. The molecule has 2 aliphatic heterocycles. The molecule has 9 nitrogen and oxygen atoms in total. The summed E-state index contributed by atoms with van der Waals surface area (Å²) in [7, 11) is 1.50. The fraction of sp³-hybridized carbons (Fsp3) is 0.458. The van der Waals surface area contributed by atoms with Gasteiger partial charge >= 0.3 is 0 Å². The Hall–Kier alpha value is -3.08. The lowest BCUT2D eigenvalue weighted by molar-refractivity contribution is -0.0284. The highest BCUT2D eigenvalue weighted by Crippen LogP contribution is 2.34. The first kappa shape index (κ1) is 22.7. The summed E-state index contributed by atoms with van der Waals surface area (Å²) in [6.45, 7) is 1.80. The Balaban J connectivity index is 1.25. The van der Waals surface area contributed by atoms with Crippen molar-refractivity contribution in [2.75, 3.05) is 33.5 Å². The molecular formula is C24H27FN4O5. The van der Waals surface area contributed by atoms with E-state index in [0.29, 0.717) is 66.8 Å². The van der Waals surface area contributed by atoms with Gasteiger partial charge in [0, 0.05) is 36.2 Å². The Morgan fingerprint density at radius 3 is 2.79 bits per heavy atom. The molecule has 10 heteroatoms. The molecule has 1 fully saturated rings. The largest absolute Gasteiger partial charge is 0.486 e. The Morgan fingerprint density at radius 1 is 1.18 bits per heavy atom. The minimum atomic E-state index is -0.564. The van der Waals surface area contributed by atoms with Crippen LogP contribution in [0.4, 0.5) is 4.39 Å². The average Bonchev–Trinajstić information content (AvgIpc) is 2.89. The van der Waals surface area contributed by atoms with Crippen LogP contribution < -0.4 is 19.5 Å². The van der Waals surface area contributed by atoms with Gasteiger partial charge in [0.25, 0.3) is 0 Å². The zero-order valence-electron chi connectivity index (χ0n) is 18.9. The summed E-state index contributed by atoms with van der Waals surface area (Å²) < 4.78 is 37.3. The van der Waals surface area contributed by atoms with Gasteiger partial charge in [-0.3, -0.25) is 9.97 Å². The first-order valence-corrected chi connectivity index (χ1v) is 11.4. The topological polar surface area (TPSA) is 108 Å². The van der Waals surface area contributed by atoms with Crippen LogP contribution in [0.25, 0.3) is 11.0 Å². The smallest absolute Gasteiger partial charge is 0.213 e. The van der Waals surface area contributed by atoms with E-state index in [1.54, 1.807) is 18.3 Å². The number of hydrogen-bond acceptors (Lipinski definition) is 9. The van der Waals surface area contributed by atoms with Gasteiger partial charge in [-0.15, -0.1) is 0 Å². The van der Waals surface area contributed by atoms with Crippen molar-refractivity contribution in [1.82, 2.24) is 20.3 Å². The molecule has 180 valence electrons. The second-order valence-electron chi connectivity index (χ2n) is 8.38. The van der Waals surface area contributed by atoms with Crippen molar-refractivity contribution in [3.8, 4) is 17.4 Å². The van der Waals surface area contributed by atoms with Crippen LogP contribution in [0, 0.1) is 5.82 Å². The Bertz CT molecular complexity index is 1160. The third-order valence-electron chi connectivity index (χ3n) is 6.27. The van der Waals surface area contributed by atoms with Crippen LogP contribution in [-0.4, -0.2) is 65.7 Å². The first-order valence-electron chi connectivity index (χ1n) is 11.4. The van der Waals surface area contributed by atoms with E-state index < -0.39 is 11.7 Å². The van der Waals surface area contributed by atoms with Gasteiger partial charge in [-0.25, -0.2) is 9.37 Å². The van der Waals surface area contributed by atoms with Crippen LogP contribution in [-0.2, 0) is 11.3 Å². The molecule has 0 amide bonds. The molecule has 1 unspecified atom stereocenters. The summed E-state index contributed by atoms with van der Waals surface area (Å²) in [5.74, 6) is 0.656. The van der Waals surface area contributed by atoms with E-state index in [9.17, 15) is 9.50 Å². The van der Waals surface area contributed by atoms with Crippen LogP contribution in [0.3, 0.4) is 0 Å². The quantitative estimate of drug-likeness (QED) is 0.538. The van der Waals surface area contributed by atoms with Crippen LogP contribution >= 0.6 is 0 Å². The number of aliphatic hydroxyl groups is 1. The van der Waals surface area contributed by atoms with Gasteiger partial charge in [0.15, 0.2) is 11.5 Å². The van der Waals surface area contributed by atoms with E-state index >= 15 is 0 Å². The molecule has 2 N–H and O–H groups in total. The van der Waals surface area contributed by atoms with Gasteiger partial charge in [-0.2, -0.15) is 0 Å². The van der Waals surface area contributed by atoms with Crippen molar-refractivity contribution in [2.45, 2.75) is 37.5 Å². The number of fused-ring (bicyclic) bond motifs is 2. The zero-order valence-corrected chi connectivity index (χ0v) is 18.9. The normalized spacial score (nSPS) is 20.8. The molecule has 0 bridgehead atoms. The molecule has 2 aliphatic rings. The fourth-order valence-electron chi connectivity index (χ4n) is 4.49. The predicted molar refractivity (Wildman–Crippen MR) is 121 cm³/mol. The fourth-order valence-corrected chi connectivity index (χ4v) is 4.49. The molecule has 3 aromatic rings. The third kappa shape index (κ3) is 4.61. The lowest BCUT2D eigenvalue weighted by atomic mass is 9.88. The van der Waals surface area contributed by atoms with Gasteiger partial charge in [-0.1, -0.05) is 0 Å². The van der Waals surface area contributed by atoms with Crippen molar-refractivity contribution < 1.29 is 28.4 Å². The first-order chi connectivity index (χ1) is 16.7. The number of nitrogens with zero attached hydrogens (tertiary/aromatic N) is 3. The van der Waals surface area contributed by atoms with E-state index in [2.05, 4.69) is 20.3 Å². The lowest BCUT2D eigenvalue weighted by Crippen LogP contribution is -2.42. The number of halogens is 1. The van der Waals surface area contributed by atoms with E-state index in [0.717, 1.165) is 12.1 Å². The zero-order chi connectivity index (χ0) is 23.5. The Labute approximate surface area is 196 Å². The lowest BCUT2D eigenvalue weighted by Gasteiger charge is -2.34. The number of aliphatic hydroxyl groups excluding tert-OH is 1. The Kier molecular flexibility index (Phi) is 6.70. The molecule has 5 rings (SSSR count). The highest BCUT2D eigenvalue weighted by molar-refractivity contribution is 5.79. The molecule has 3 atom stereocenters. The van der Waals surface area contributed by atoms with E-state index in [1.165, 1.54) is 13.3 Å². The molecule has 1 saturated heterocycles. The van der Waals surface area contributed by atoms with Crippen LogP contribution in [0.15, 0.2) is 30.6 Å². The summed E-state index contributed by atoms with van der Waals surface area (Å²) in [5.41, 5.74) is 2.08. The highest BCUT2D eigenvalue weighted by Gasteiger charge is 2.32. The summed E-state index contributed by atoms with van der Waals surface area (Å²) in [6, 6.07) is 5.40. The minimum Gasteiger partial charge on any atom is -0.486 e. The molecular weight excluding hydrogens is 443 g/mol. The van der Waals surface area contributed by atoms with Crippen molar-refractivity contribution >= 4 is 11.0 Å². The minimum absolute atomic E-state index is 0.114. The number of nitrogens with one attached hydrogen (secondary N) is 1. The Morgan fingerprint density at radius 2 is 2.03 bits per heavy atom. The van der Waals surface area contributed by atoms with Crippen LogP contribution in [0.5, 0.6) is 17.4 Å². The maximum atomic E-state index is 14.9. The standard InChI is InChI=1S/C24H27FN4O5/c1-31-22-5-3-18-24(29-22)23(17(25)10-28-18)16(12-30)19-4-2-14(13-34-19)26-9-15-8-20-21(11-27-15)33-7-6-32-20/h3,5,8,10-11,14,16,19,26,30H,2,4,6-7,9,12-13H2,1H3/t14-,16?,19+/m1/s1. The second-order valence-corrected chi connectivity index (χ2v) is 8.38. The van der Waals surface area contributed by atoms with Crippen molar-refractivity contribution in [2.24, 2.45) is 0 Å². The molecule has 0 aromatic carbocycles. The van der Waals surface area contributed by atoms with Gasteiger partial charge in [-0.05, 0) is 18.9 Å². The molecule has 3 aromatic heterocycles.